The Kier molecular flexibility index (Phi) is 5.11. The number of amides is 1. The van der Waals surface area contributed by atoms with Crippen molar-refractivity contribution in [3.05, 3.63) is 0 Å². The number of nitrogens with two attached hydrogens (primary N) is 1. The molecule has 6 heteroatoms. The number of carbonyl (C=O) groups excluding carboxylic acids is 1. The van der Waals surface area contributed by atoms with Crippen LogP contribution in [0.4, 0.5) is 0 Å². The third kappa shape index (κ3) is 3.40. The molecule has 0 aromatic carbocycles. The molecule has 1 rings (SSSR count). The fraction of sp³-hybridized carbons (Fsp3) is 0.800. The quantitative estimate of drug-likeness (QED) is 0.674. The summed E-state index contributed by atoms with van der Waals surface area (Å²) < 4.78 is 4.82. The molecule has 0 saturated carbocycles. The molecule has 1 aliphatic heterocycles. The van der Waals surface area contributed by atoms with Crippen molar-refractivity contribution in [1.29, 1.82) is 0 Å². The second kappa shape index (κ2) is 6.12. The van der Waals surface area contributed by atoms with Crippen LogP contribution in [0.25, 0.3) is 0 Å². The van der Waals surface area contributed by atoms with E-state index in [1.807, 2.05) is 11.8 Å². The molecule has 0 aromatic rings. The fourth-order valence-electron chi connectivity index (χ4n) is 1.75. The Morgan fingerprint density at radius 1 is 1.44 bits per heavy atom. The van der Waals surface area contributed by atoms with Crippen LogP contribution < -0.4 is 5.73 Å². The molecular weight excluding hydrogens is 226 g/mol. The van der Waals surface area contributed by atoms with Gasteiger partial charge in [-0.3, -0.25) is 9.69 Å². The van der Waals surface area contributed by atoms with Crippen molar-refractivity contribution < 1.29 is 9.53 Å². The van der Waals surface area contributed by atoms with Crippen LogP contribution in [-0.2, 0) is 9.53 Å². The van der Waals surface area contributed by atoms with Crippen LogP contribution in [-0.4, -0.2) is 66.6 Å². The Bertz CT molecular complexity index is 265. The molecule has 0 bridgehead atoms. The van der Waals surface area contributed by atoms with Crippen LogP contribution in [0.2, 0.25) is 0 Å². The molecule has 1 unspecified atom stereocenters. The average molecular weight is 245 g/mol. The number of piperazine rings is 1. The molecule has 5 nitrogen and oxygen atoms in total. The number of hydrogen-bond acceptors (Lipinski definition) is 4. The summed E-state index contributed by atoms with van der Waals surface area (Å²) in [6.45, 7) is 5.21. The lowest BCUT2D eigenvalue weighted by Crippen LogP contribution is -2.54. The Balaban J connectivity index is 2.39. The van der Waals surface area contributed by atoms with Crippen molar-refractivity contribution in [1.82, 2.24) is 9.80 Å². The topological polar surface area (TPSA) is 58.8 Å². The van der Waals surface area contributed by atoms with Gasteiger partial charge >= 0.3 is 0 Å². The molecule has 92 valence electrons. The highest BCUT2D eigenvalue weighted by molar-refractivity contribution is 7.80. The largest absolute Gasteiger partial charge is 0.392 e. The number of ether oxygens (including phenoxy) is 1. The van der Waals surface area contributed by atoms with Crippen molar-refractivity contribution in [2.45, 2.75) is 13.0 Å². The maximum atomic E-state index is 11.5. The van der Waals surface area contributed by atoms with Crippen molar-refractivity contribution in [3.8, 4) is 0 Å². The summed E-state index contributed by atoms with van der Waals surface area (Å²) in [6, 6.07) is 0.106. The highest BCUT2D eigenvalue weighted by atomic mass is 32.1. The molecule has 2 N–H and O–H groups in total. The SMILES string of the molecule is COCC(=O)N1CCN(C(C)C(N)=S)CC1. The van der Waals surface area contributed by atoms with Gasteiger partial charge in [-0.25, -0.2) is 0 Å². The second-order valence-corrected chi connectivity index (χ2v) is 4.40. The first-order valence-electron chi connectivity index (χ1n) is 5.36. The minimum Gasteiger partial charge on any atom is -0.392 e. The Morgan fingerprint density at radius 3 is 2.44 bits per heavy atom. The summed E-state index contributed by atoms with van der Waals surface area (Å²) in [5.74, 6) is 0.0464. The molecule has 1 atom stereocenters. The number of carbonyl (C=O) groups is 1. The maximum Gasteiger partial charge on any atom is 0.248 e. The zero-order valence-electron chi connectivity index (χ0n) is 9.81. The lowest BCUT2D eigenvalue weighted by atomic mass is 10.2. The van der Waals surface area contributed by atoms with Gasteiger partial charge in [0.1, 0.15) is 6.61 Å². The first kappa shape index (κ1) is 13.3. The molecule has 1 amide bonds. The summed E-state index contributed by atoms with van der Waals surface area (Å²) in [4.78, 5) is 16.1. The molecular formula is C10H19N3O2S. The van der Waals surface area contributed by atoms with E-state index in [2.05, 4.69) is 4.90 Å². The van der Waals surface area contributed by atoms with Crippen molar-refractivity contribution in [3.63, 3.8) is 0 Å². The van der Waals surface area contributed by atoms with E-state index in [1.54, 1.807) is 0 Å². The van der Waals surface area contributed by atoms with Crippen LogP contribution in [0.5, 0.6) is 0 Å². The molecule has 0 aliphatic carbocycles. The van der Waals surface area contributed by atoms with E-state index in [9.17, 15) is 4.79 Å². The van der Waals surface area contributed by atoms with Gasteiger partial charge in [0.2, 0.25) is 5.91 Å². The van der Waals surface area contributed by atoms with E-state index >= 15 is 0 Å². The Morgan fingerprint density at radius 2 is 2.00 bits per heavy atom. The van der Waals surface area contributed by atoms with Crippen LogP contribution in [0, 0.1) is 0 Å². The molecule has 0 aromatic heterocycles. The van der Waals surface area contributed by atoms with Gasteiger partial charge < -0.3 is 15.4 Å². The van der Waals surface area contributed by atoms with E-state index < -0.39 is 0 Å². The highest BCUT2D eigenvalue weighted by Gasteiger charge is 2.24. The zero-order chi connectivity index (χ0) is 12.1. The monoisotopic (exact) mass is 245 g/mol. The van der Waals surface area contributed by atoms with Gasteiger partial charge in [-0.15, -0.1) is 0 Å². The predicted molar refractivity (Wildman–Crippen MR) is 66.3 cm³/mol. The smallest absolute Gasteiger partial charge is 0.248 e. The molecule has 1 fully saturated rings. The van der Waals surface area contributed by atoms with Crippen LogP contribution in [0.15, 0.2) is 0 Å². The summed E-state index contributed by atoms with van der Waals surface area (Å²) in [6.07, 6.45) is 0. The van der Waals surface area contributed by atoms with Gasteiger partial charge in [-0.2, -0.15) is 0 Å². The molecule has 0 radical (unpaired) electrons. The van der Waals surface area contributed by atoms with E-state index in [0.29, 0.717) is 4.99 Å². The molecule has 1 saturated heterocycles. The fourth-order valence-corrected chi connectivity index (χ4v) is 1.90. The van der Waals surface area contributed by atoms with Crippen LogP contribution in [0.3, 0.4) is 0 Å². The van der Waals surface area contributed by atoms with E-state index in [1.165, 1.54) is 7.11 Å². The number of thiocarbonyl (C=S) groups is 1. The van der Waals surface area contributed by atoms with Gasteiger partial charge in [-0.1, -0.05) is 12.2 Å². The zero-order valence-corrected chi connectivity index (χ0v) is 10.6. The summed E-state index contributed by atoms with van der Waals surface area (Å²) in [5, 5.41) is 0. The molecule has 1 heterocycles. The van der Waals surface area contributed by atoms with E-state index in [4.69, 9.17) is 22.7 Å². The van der Waals surface area contributed by atoms with Crippen LogP contribution in [0.1, 0.15) is 6.92 Å². The third-order valence-electron chi connectivity index (χ3n) is 2.89. The van der Waals surface area contributed by atoms with Gasteiger partial charge in [0.05, 0.1) is 11.0 Å². The predicted octanol–water partition coefficient (Wildman–Crippen LogP) is -0.548. The Hall–Kier alpha value is -0.720. The van der Waals surface area contributed by atoms with Gasteiger partial charge in [0, 0.05) is 33.3 Å². The second-order valence-electron chi connectivity index (χ2n) is 3.93. The minimum absolute atomic E-state index is 0.0464. The van der Waals surface area contributed by atoms with E-state index in [0.717, 1.165) is 26.2 Å². The first-order valence-corrected chi connectivity index (χ1v) is 5.77. The molecule has 0 spiro atoms. The number of rotatable bonds is 4. The summed E-state index contributed by atoms with van der Waals surface area (Å²) in [7, 11) is 1.53. The third-order valence-corrected chi connectivity index (χ3v) is 3.24. The number of hydrogen-bond donors (Lipinski definition) is 1. The number of nitrogens with zero attached hydrogens (tertiary/aromatic N) is 2. The average Bonchev–Trinajstić information content (AvgIpc) is 2.28. The standard InChI is InChI=1S/C10H19N3O2S/c1-8(10(11)16)12-3-5-13(6-4-12)9(14)7-15-2/h8H,3-7H2,1-2H3,(H2,11,16). The van der Waals surface area contributed by atoms with Gasteiger partial charge in [0.25, 0.3) is 0 Å². The van der Waals surface area contributed by atoms with Crippen molar-refractivity contribution in [2.24, 2.45) is 5.73 Å². The maximum absolute atomic E-state index is 11.5. The van der Waals surface area contributed by atoms with Gasteiger partial charge in [0.15, 0.2) is 0 Å². The van der Waals surface area contributed by atoms with E-state index in [-0.39, 0.29) is 18.6 Å². The molecule has 1 aliphatic rings. The normalized spacial score (nSPS) is 19.5. The first-order chi connectivity index (χ1) is 7.56. The highest BCUT2D eigenvalue weighted by Crippen LogP contribution is 2.06. The Labute approximate surface area is 102 Å². The lowest BCUT2D eigenvalue weighted by molar-refractivity contribution is -0.137. The summed E-state index contributed by atoms with van der Waals surface area (Å²) >= 11 is 4.96. The van der Waals surface area contributed by atoms with Gasteiger partial charge in [-0.05, 0) is 6.92 Å². The van der Waals surface area contributed by atoms with Crippen molar-refractivity contribution >= 4 is 23.1 Å². The van der Waals surface area contributed by atoms with Crippen LogP contribution >= 0.6 is 12.2 Å². The minimum atomic E-state index is 0.0464. The lowest BCUT2D eigenvalue weighted by Gasteiger charge is -2.37. The molecule has 16 heavy (non-hydrogen) atoms. The number of methoxy groups -OCH3 is 1. The summed E-state index contributed by atoms with van der Waals surface area (Å²) in [5.41, 5.74) is 5.60. The van der Waals surface area contributed by atoms with Crippen molar-refractivity contribution in [2.75, 3.05) is 39.9 Å².